The average Bonchev–Trinajstić information content (AvgIpc) is 3.24. The largest absolute Gasteiger partial charge is 0.496 e. The normalized spacial score (nSPS) is 11.1. The van der Waals surface area contributed by atoms with Crippen molar-refractivity contribution in [1.29, 1.82) is 0 Å². The first-order valence-corrected chi connectivity index (χ1v) is 9.65. The van der Waals surface area contributed by atoms with E-state index in [-0.39, 0.29) is 5.91 Å². The maximum absolute atomic E-state index is 12.4. The van der Waals surface area contributed by atoms with Crippen LogP contribution < -0.4 is 10.2 Å². The first kappa shape index (κ1) is 18.9. The molecule has 7 heteroatoms. The zero-order valence-electron chi connectivity index (χ0n) is 15.5. The number of nitrogens with one attached hydrogen (secondary N) is 2. The molecule has 4 aromatic rings. The highest BCUT2D eigenvalue weighted by Gasteiger charge is 2.16. The van der Waals surface area contributed by atoms with Crippen molar-refractivity contribution >= 4 is 38.8 Å². The molecule has 6 nitrogen and oxygen atoms in total. The molecule has 1 heterocycles. The smallest absolute Gasteiger partial charge is 0.289 e. The van der Waals surface area contributed by atoms with E-state index in [0.717, 1.165) is 26.4 Å². The summed E-state index contributed by atoms with van der Waals surface area (Å²) in [6.45, 7) is 0. The molecule has 3 aromatic carbocycles. The number of nitrogens with zero attached hydrogens (tertiary/aromatic N) is 2. The van der Waals surface area contributed by atoms with Crippen LogP contribution in [-0.2, 0) is 0 Å². The number of fused-ring (bicyclic) bond motifs is 1. The van der Waals surface area contributed by atoms with Crippen LogP contribution in [0.15, 0.2) is 76.3 Å². The fourth-order valence-electron chi connectivity index (χ4n) is 3.03. The molecule has 29 heavy (non-hydrogen) atoms. The quantitative estimate of drug-likeness (QED) is 0.341. The van der Waals surface area contributed by atoms with E-state index in [1.165, 1.54) is 0 Å². The lowest BCUT2D eigenvalue weighted by molar-refractivity contribution is 0.0950. The summed E-state index contributed by atoms with van der Waals surface area (Å²) < 4.78 is 6.50. The number of aromatic amines is 1. The Morgan fingerprint density at radius 1 is 1.14 bits per heavy atom. The molecule has 4 rings (SSSR count). The Bertz CT molecular complexity index is 1200. The minimum atomic E-state index is -0.378. The Labute approximate surface area is 175 Å². The van der Waals surface area contributed by atoms with Crippen LogP contribution in [0.4, 0.5) is 0 Å². The Morgan fingerprint density at radius 2 is 1.93 bits per heavy atom. The zero-order valence-corrected chi connectivity index (χ0v) is 17.1. The van der Waals surface area contributed by atoms with Gasteiger partial charge in [-0.25, -0.2) is 5.43 Å². The standard InChI is InChI=1S/C22H17BrN4O2/c1-29-20-11-8-15-4-2-3-5-17(15)21(20)18-12-19(26-25-18)22(28)27-24-13-14-6-9-16(23)10-7-14/h2-13H,1H3,(H,25,26)(H,27,28). The van der Waals surface area contributed by atoms with Gasteiger partial charge in [0.2, 0.25) is 0 Å². The molecule has 1 aromatic heterocycles. The summed E-state index contributed by atoms with van der Waals surface area (Å²) >= 11 is 3.38. The van der Waals surface area contributed by atoms with Gasteiger partial charge < -0.3 is 4.74 Å². The van der Waals surface area contributed by atoms with E-state index in [4.69, 9.17) is 4.74 Å². The summed E-state index contributed by atoms with van der Waals surface area (Å²) in [6, 6.07) is 21.1. The lowest BCUT2D eigenvalue weighted by Gasteiger charge is -2.09. The number of hydrogen-bond acceptors (Lipinski definition) is 4. The number of hydrazone groups is 1. The molecular formula is C22H17BrN4O2. The van der Waals surface area contributed by atoms with E-state index in [0.29, 0.717) is 17.1 Å². The van der Waals surface area contributed by atoms with Crippen molar-refractivity contribution < 1.29 is 9.53 Å². The lowest BCUT2D eigenvalue weighted by atomic mass is 10.0. The number of methoxy groups -OCH3 is 1. The van der Waals surface area contributed by atoms with Crippen LogP contribution in [0.25, 0.3) is 22.0 Å². The third-order valence-corrected chi connectivity index (χ3v) is 4.97. The molecule has 1 amide bonds. The highest BCUT2D eigenvalue weighted by molar-refractivity contribution is 9.10. The van der Waals surface area contributed by atoms with Crippen LogP contribution >= 0.6 is 15.9 Å². The summed E-state index contributed by atoms with van der Waals surface area (Å²) in [5.41, 5.74) is 5.15. The van der Waals surface area contributed by atoms with Gasteiger partial charge >= 0.3 is 0 Å². The van der Waals surface area contributed by atoms with Crippen molar-refractivity contribution in [2.24, 2.45) is 5.10 Å². The van der Waals surface area contributed by atoms with Gasteiger partial charge in [-0.3, -0.25) is 9.89 Å². The van der Waals surface area contributed by atoms with E-state index in [1.54, 1.807) is 19.4 Å². The van der Waals surface area contributed by atoms with E-state index in [9.17, 15) is 4.79 Å². The van der Waals surface area contributed by atoms with E-state index >= 15 is 0 Å². The molecule has 144 valence electrons. The minimum Gasteiger partial charge on any atom is -0.496 e. The highest BCUT2D eigenvalue weighted by Crippen LogP contribution is 2.36. The Morgan fingerprint density at radius 3 is 2.72 bits per heavy atom. The summed E-state index contributed by atoms with van der Waals surface area (Å²) in [4.78, 5) is 12.4. The highest BCUT2D eigenvalue weighted by atomic mass is 79.9. The molecule has 0 aliphatic carbocycles. The third-order valence-electron chi connectivity index (χ3n) is 4.44. The van der Waals surface area contributed by atoms with Gasteiger partial charge in [0.05, 0.1) is 24.6 Å². The second kappa shape index (κ2) is 8.28. The third kappa shape index (κ3) is 4.05. The van der Waals surface area contributed by atoms with Gasteiger partial charge in [0.1, 0.15) is 11.4 Å². The monoisotopic (exact) mass is 448 g/mol. The Kier molecular flexibility index (Phi) is 5.39. The zero-order chi connectivity index (χ0) is 20.2. The predicted octanol–water partition coefficient (Wildman–Crippen LogP) is 4.76. The number of halogens is 1. The van der Waals surface area contributed by atoms with Crippen molar-refractivity contribution in [2.45, 2.75) is 0 Å². The maximum atomic E-state index is 12.4. The number of ether oxygens (including phenoxy) is 1. The Hall–Kier alpha value is -3.45. The first-order chi connectivity index (χ1) is 14.2. The fourth-order valence-corrected chi connectivity index (χ4v) is 3.29. The lowest BCUT2D eigenvalue weighted by Crippen LogP contribution is -2.17. The average molecular weight is 449 g/mol. The first-order valence-electron chi connectivity index (χ1n) is 8.86. The van der Waals surface area contributed by atoms with Crippen molar-refractivity contribution in [1.82, 2.24) is 15.6 Å². The molecule has 0 radical (unpaired) electrons. The maximum Gasteiger partial charge on any atom is 0.289 e. The molecule has 0 aliphatic rings. The molecule has 2 N–H and O–H groups in total. The van der Waals surface area contributed by atoms with Gasteiger partial charge in [0.15, 0.2) is 0 Å². The van der Waals surface area contributed by atoms with Gasteiger partial charge in [0.25, 0.3) is 5.91 Å². The van der Waals surface area contributed by atoms with Crippen LogP contribution in [0.2, 0.25) is 0 Å². The van der Waals surface area contributed by atoms with E-state index in [2.05, 4.69) is 36.7 Å². The number of carbonyl (C=O) groups is 1. The summed E-state index contributed by atoms with van der Waals surface area (Å²) in [5.74, 6) is 0.312. The second-order valence-corrected chi connectivity index (χ2v) is 7.20. The minimum absolute atomic E-state index is 0.308. The van der Waals surface area contributed by atoms with Crippen LogP contribution in [0, 0.1) is 0 Å². The number of benzene rings is 3. The molecule has 0 saturated heterocycles. The Balaban J connectivity index is 1.58. The molecule has 0 saturated carbocycles. The molecule has 0 fully saturated rings. The molecule has 0 aliphatic heterocycles. The van der Waals surface area contributed by atoms with Crippen molar-refractivity contribution in [3.05, 3.63) is 82.5 Å². The van der Waals surface area contributed by atoms with Crippen LogP contribution in [-0.4, -0.2) is 29.4 Å². The number of hydrogen-bond donors (Lipinski definition) is 2. The van der Waals surface area contributed by atoms with E-state index < -0.39 is 0 Å². The van der Waals surface area contributed by atoms with Crippen LogP contribution in [0.5, 0.6) is 5.75 Å². The SMILES string of the molecule is COc1ccc2ccccc2c1-c1cc(C(=O)NN=Cc2ccc(Br)cc2)[nH]n1. The van der Waals surface area contributed by atoms with Gasteiger partial charge in [0, 0.05) is 4.47 Å². The van der Waals surface area contributed by atoms with Gasteiger partial charge in [-0.15, -0.1) is 0 Å². The van der Waals surface area contributed by atoms with E-state index in [1.807, 2.05) is 60.7 Å². The second-order valence-electron chi connectivity index (χ2n) is 6.28. The summed E-state index contributed by atoms with van der Waals surface area (Å²) in [7, 11) is 1.62. The van der Waals surface area contributed by atoms with Crippen molar-refractivity contribution in [3.8, 4) is 17.0 Å². The molecule has 0 atom stereocenters. The van der Waals surface area contributed by atoms with Crippen molar-refractivity contribution in [3.63, 3.8) is 0 Å². The van der Waals surface area contributed by atoms with Gasteiger partial charge in [-0.05, 0) is 40.6 Å². The summed E-state index contributed by atoms with van der Waals surface area (Å²) in [5, 5.41) is 13.2. The number of H-pyrrole nitrogens is 1. The number of rotatable bonds is 5. The fraction of sp³-hybridized carbons (Fsp3) is 0.0455. The van der Waals surface area contributed by atoms with Crippen LogP contribution in [0.3, 0.4) is 0 Å². The summed E-state index contributed by atoms with van der Waals surface area (Å²) in [6.07, 6.45) is 1.58. The molecule has 0 unspecified atom stereocenters. The molecule has 0 bridgehead atoms. The molecular weight excluding hydrogens is 432 g/mol. The van der Waals surface area contributed by atoms with Crippen LogP contribution in [0.1, 0.15) is 16.1 Å². The van der Waals surface area contributed by atoms with Gasteiger partial charge in [-0.2, -0.15) is 10.2 Å². The van der Waals surface area contributed by atoms with Gasteiger partial charge in [-0.1, -0.05) is 58.4 Å². The predicted molar refractivity (Wildman–Crippen MR) is 117 cm³/mol. The number of amides is 1. The molecule has 0 spiro atoms. The van der Waals surface area contributed by atoms with Crippen molar-refractivity contribution in [2.75, 3.05) is 7.11 Å². The number of aromatic nitrogens is 2. The number of carbonyl (C=O) groups excluding carboxylic acids is 1. The topological polar surface area (TPSA) is 79.4 Å².